The number of fused-ring (bicyclic) bond motifs is 1. The Morgan fingerprint density at radius 3 is 2.95 bits per heavy atom. The van der Waals surface area contributed by atoms with Crippen molar-refractivity contribution in [2.75, 3.05) is 18.1 Å². The van der Waals surface area contributed by atoms with E-state index in [1.165, 1.54) is 11.1 Å². The summed E-state index contributed by atoms with van der Waals surface area (Å²) in [5, 5.41) is 1.19. The number of aromatic nitrogens is 1. The standard InChI is InChI=1S/C16H21N3O/c1-11-10-20-12(2)9-19(11)16-7-13(8-17)18-15-6-4-3-5-14(15)16/h3-7,11-12H,8-10,17H2,1-2H3. The van der Waals surface area contributed by atoms with Crippen LogP contribution in [0.4, 0.5) is 5.69 Å². The van der Waals surface area contributed by atoms with Gasteiger partial charge in [0.1, 0.15) is 0 Å². The molecule has 1 saturated heterocycles. The molecule has 2 N–H and O–H groups in total. The van der Waals surface area contributed by atoms with E-state index in [4.69, 9.17) is 10.5 Å². The highest BCUT2D eigenvalue weighted by Gasteiger charge is 2.25. The Morgan fingerprint density at radius 2 is 2.15 bits per heavy atom. The molecule has 1 aliphatic rings. The van der Waals surface area contributed by atoms with Crippen molar-refractivity contribution in [3.63, 3.8) is 0 Å². The Labute approximate surface area is 119 Å². The van der Waals surface area contributed by atoms with Crippen LogP contribution in [0.25, 0.3) is 10.9 Å². The summed E-state index contributed by atoms with van der Waals surface area (Å²) in [4.78, 5) is 7.02. The first-order valence-electron chi connectivity index (χ1n) is 7.16. The van der Waals surface area contributed by atoms with E-state index in [9.17, 15) is 0 Å². The number of benzene rings is 1. The van der Waals surface area contributed by atoms with Crippen LogP contribution in [0.5, 0.6) is 0 Å². The molecule has 4 nitrogen and oxygen atoms in total. The number of anilines is 1. The summed E-state index contributed by atoms with van der Waals surface area (Å²) < 4.78 is 5.73. The Hall–Kier alpha value is -1.65. The van der Waals surface area contributed by atoms with Crippen molar-refractivity contribution in [1.29, 1.82) is 0 Å². The summed E-state index contributed by atoms with van der Waals surface area (Å²) in [6.07, 6.45) is 0.249. The van der Waals surface area contributed by atoms with Gasteiger partial charge in [0.2, 0.25) is 0 Å². The third-order valence-electron chi connectivity index (χ3n) is 3.87. The molecule has 106 valence electrons. The maximum atomic E-state index is 5.80. The van der Waals surface area contributed by atoms with Gasteiger partial charge in [0.25, 0.3) is 0 Å². The maximum absolute atomic E-state index is 5.80. The minimum absolute atomic E-state index is 0.249. The molecular weight excluding hydrogens is 250 g/mol. The number of para-hydroxylation sites is 1. The van der Waals surface area contributed by atoms with Gasteiger partial charge in [-0.2, -0.15) is 0 Å². The quantitative estimate of drug-likeness (QED) is 0.910. The monoisotopic (exact) mass is 271 g/mol. The third kappa shape index (κ3) is 2.37. The van der Waals surface area contributed by atoms with E-state index < -0.39 is 0 Å². The lowest BCUT2D eigenvalue weighted by Gasteiger charge is -2.39. The molecule has 0 saturated carbocycles. The van der Waals surface area contributed by atoms with Gasteiger partial charge in [-0.3, -0.25) is 4.98 Å². The fraction of sp³-hybridized carbons (Fsp3) is 0.438. The van der Waals surface area contributed by atoms with Gasteiger partial charge in [-0.05, 0) is 26.0 Å². The second kappa shape index (κ2) is 5.38. The van der Waals surface area contributed by atoms with Gasteiger partial charge in [0, 0.05) is 30.2 Å². The molecule has 0 spiro atoms. The molecule has 1 aromatic carbocycles. The molecule has 2 aromatic rings. The second-order valence-corrected chi connectivity index (χ2v) is 5.50. The van der Waals surface area contributed by atoms with Crippen LogP contribution in [0.15, 0.2) is 30.3 Å². The van der Waals surface area contributed by atoms with Crippen molar-refractivity contribution in [2.24, 2.45) is 5.73 Å². The van der Waals surface area contributed by atoms with Crippen LogP contribution in [0, 0.1) is 0 Å². The molecule has 3 rings (SSSR count). The van der Waals surface area contributed by atoms with E-state index in [1.807, 2.05) is 12.1 Å². The zero-order valence-corrected chi connectivity index (χ0v) is 12.0. The first-order chi connectivity index (χ1) is 9.69. The Kier molecular flexibility index (Phi) is 3.59. The van der Waals surface area contributed by atoms with Crippen LogP contribution >= 0.6 is 0 Å². The Morgan fingerprint density at radius 1 is 1.35 bits per heavy atom. The number of rotatable bonds is 2. The van der Waals surface area contributed by atoms with Crippen molar-refractivity contribution >= 4 is 16.6 Å². The van der Waals surface area contributed by atoms with Gasteiger partial charge in [0.05, 0.1) is 23.9 Å². The number of hydrogen-bond donors (Lipinski definition) is 1. The first kappa shape index (κ1) is 13.3. The SMILES string of the molecule is CC1CN(c2cc(CN)nc3ccccc23)C(C)CO1. The van der Waals surface area contributed by atoms with Crippen LogP contribution in [-0.4, -0.2) is 30.3 Å². The maximum Gasteiger partial charge on any atom is 0.0726 e. The minimum Gasteiger partial charge on any atom is -0.375 e. The first-order valence-corrected chi connectivity index (χ1v) is 7.16. The third-order valence-corrected chi connectivity index (χ3v) is 3.87. The summed E-state index contributed by atoms with van der Waals surface area (Å²) in [6.45, 7) is 6.44. The van der Waals surface area contributed by atoms with Gasteiger partial charge in [-0.1, -0.05) is 18.2 Å². The van der Waals surface area contributed by atoms with Crippen molar-refractivity contribution < 1.29 is 4.74 Å². The predicted molar refractivity (Wildman–Crippen MR) is 81.9 cm³/mol. The van der Waals surface area contributed by atoms with E-state index in [0.717, 1.165) is 24.4 Å². The summed E-state index contributed by atoms with van der Waals surface area (Å²) >= 11 is 0. The lowest BCUT2D eigenvalue weighted by Crippen LogP contribution is -2.47. The number of morpholine rings is 1. The zero-order valence-electron chi connectivity index (χ0n) is 12.0. The van der Waals surface area contributed by atoms with E-state index in [1.54, 1.807) is 0 Å². The van der Waals surface area contributed by atoms with Gasteiger partial charge in [-0.25, -0.2) is 0 Å². The molecule has 0 radical (unpaired) electrons. The van der Waals surface area contributed by atoms with Crippen molar-refractivity contribution in [3.05, 3.63) is 36.0 Å². The van der Waals surface area contributed by atoms with Crippen molar-refractivity contribution in [3.8, 4) is 0 Å². The van der Waals surface area contributed by atoms with Crippen molar-refractivity contribution in [2.45, 2.75) is 32.5 Å². The lowest BCUT2D eigenvalue weighted by atomic mass is 10.1. The topological polar surface area (TPSA) is 51.4 Å². The molecule has 0 amide bonds. The Bertz CT molecular complexity index is 614. The molecule has 2 heterocycles. The van der Waals surface area contributed by atoms with Crippen LogP contribution in [-0.2, 0) is 11.3 Å². The highest BCUT2D eigenvalue weighted by Crippen LogP contribution is 2.30. The van der Waals surface area contributed by atoms with Gasteiger partial charge >= 0.3 is 0 Å². The summed E-state index contributed by atoms with van der Waals surface area (Å²) in [7, 11) is 0. The molecular formula is C16H21N3O. The summed E-state index contributed by atoms with van der Waals surface area (Å²) in [5.74, 6) is 0. The van der Waals surface area contributed by atoms with Crippen LogP contribution < -0.4 is 10.6 Å². The van der Waals surface area contributed by atoms with Crippen LogP contribution in [0.1, 0.15) is 19.5 Å². The van der Waals surface area contributed by atoms with Crippen molar-refractivity contribution in [1.82, 2.24) is 4.98 Å². The fourth-order valence-electron chi connectivity index (χ4n) is 2.79. The van der Waals surface area contributed by atoms with Crippen LogP contribution in [0.2, 0.25) is 0 Å². The smallest absolute Gasteiger partial charge is 0.0726 e. The normalized spacial score (nSPS) is 23.2. The minimum atomic E-state index is 0.249. The molecule has 0 bridgehead atoms. The van der Waals surface area contributed by atoms with E-state index >= 15 is 0 Å². The zero-order chi connectivity index (χ0) is 14.1. The molecule has 0 aliphatic carbocycles. The number of hydrogen-bond acceptors (Lipinski definition) is 4. The highest BCUT2D eigenvalue weighted by molar-refractivity contribution is 5.92. The molecule has 2 atom stereocenters. The van der Waals surface area contributed by atoms with Gasteiger partial charge in [-0.15, -0.1) is 0 Å². The molecule has 20 heavy (non-hydrogen) atoms. The number of nitrogens with zero attached hydrogens (tertiary/aromatic N) is 2. The number of nitrogens with two attached hydrogens (primary N) is 1. The lowest BCUT2D eigenvalue weighted by molar-refractivity contribution is 0.0345. The molecule has 2 unspecified atom stereocenters. The van der Waals surface area contributed by atoms with E-state index in [-0.39, 0.29) is 6.10 Å². The highest BCUT2D eigenvalue weighted by atomic mass is 16.5. The fourth-order valence-corrected chi connectivity index (χ4v) is 2.79. The van der Waals surface area contributed by atoms with E-state index in [2.05, 4.69) is 41.9 Å². The number of pyridine rings is 1. The predicted octanol–water partition coefficient (Wildman–Crippen LogP) is 2.31. The molecule has 1 aromatic heterocycles. The van der Waals surface area contributed by atoms with E-state index in [0.29, 0.717) is 12.6 Å². The average molecular weight is 271 g/mol. The summed E-state index contributed by atoms with van der Waals surface area (Å²) in [5.41, 5.74) is 8.96. The molecule has 4 heteroatoms. The van der Waals surface area contributed by atoms with Gasteiger partial charge in [0.15, 0.2) is 0 Å². The Balaban J connectivity index is 2.13. The summed E-state index contributed by atoms with van der Waals surface area (Å²) in [6, 6.07) is 10.7. The second-order valence-electron chi connectivity index (χ2n) is 5.50. The largest absolute Gasteiger partial charge is 0.375 e. The molecule has 1 fully saturated rings. The molecule has 1 aliphatic heterocycles. The van der Waals surface area contributed by atoms with Gasteiger partial charge < -0.3 is 15.4 Å². The average Bonchev–Trinajstić information content (AvgIpc) is 2.48. The number of ether oxygens (including phenoxy) is 1. The van der Waals surface area contributed by atoms with Crippen LogP contribution in [0.3, 0.4) is 0 Å².